The van der Waals surface area contributed by atoms with Gasteiger partial charge in [0.2, 0.25) is 0 Å². The number of urea groups is 1. The first-order valence-corrected chi connectivity index (χ1v) is 14.2. The lowest BCUT2D eigenvalue weighted by Gasteiger charge is -2.31. The topological polar surface area (TPSA) is 81.9 Å². The van der Waals surface area contributed by atoms with Gasteiger partial charge in [0, 0.05) is 55.4 Å². The van der Waals surface area contributed by atoms with Crippen LogP contribution in [0.4, 0.5) is 13.6 Å². The first-order chi connectivity index (χ1) is 18.1. The summed E-state index contributed by atoms with van der Waals surface area (Å²) in [6.07, 6.45) is 6.12. The molecular weight excluding hydrogens is 530 g/mol. The summed E-state index contributed by atoms with van der Waals surface area (Å²) in [6, 6.07) is 2.16. The molecule has 5 rings (SSSR count). The van der Waals surface area contributed by atoms with Crippen molar-refractivity contribution in [1.82, 2.24) is 39.0 Å². The van der Waals surface area contributed by atoms with Crippen molar-refractivity contribution in [3.05, 3.63) is 35.1 Å². The largest absolute Gasteiger partial charge is 0.326 e. The smallest absolute Gasteiger partial charge is 0.320 e. The molecule has 204 valence electrons. The van der Waals surface area contributed by atoms with Gasteiger partial charge >= 0.3 is 6.03 Å². The van der Waals surface area contributed by atoms with Crippen molar-refractivity contribution in [3.63, 3.8) is 0 Å². The van der Waals surface area contributed by atoms with E-state index in [-0.39, 0.29) is 16.6 Å². The zero-order valence-corrected chi connectivity index (χ0v) is 23.6. The summed E-state index contributed by atoms with van der Waals surface area (Å²) in [5.41, 5.74) is 3.15. The third kappa shape index (κ3) is 5.85. The van der Waals surface area contributed by atoms with Crippen molar-refractivity contribution in [1.29, 1.82) is 0 Å². The maximum atomic E-state index is 13.2. The molecule has 13 heteroatoms. The van der Waals surface area contributed by atoms with Crippen LogP contribution in [-0.2, 0) is 0 Å². The summed E-state index contributed by atoms with van der Waals surface area (Å²) in [4.78, 5) is 24.1. The number of likely N-dealkylation sites (N-methyl/N-ethyl adjacent to an activating group) is 2. The zero-order chi connectivity index (χ0) is 27.0. The number of hydrogen-bond acceptors (Lipinski definition) is 8. The number of carbonyl (C=O) groups excluding carboxylic acids is 1. The maximum absolute atomic E-state index is 13.2. The molecule has 0 saturated heterocycles. The number of nitrogens with one attached hydrogen (secondary N) is 1. The SMILES string of the molecule is CN(C)CCN(C)C(=O)N1CC=C(c2cc(SNC3(C)CC3)cn3c(-c4nnc(C(F)F)s4)ncc23)CC1. The van der Waals surface area contributed by atoms with E-state index in [9.17, 15) is 13.6 Å². The van der Waals surface area contributed by atoms with Crippen LogP contribution in [0.15, 0.2) is 29.4 Å². The van der Waals surface area contributed by atoms with Crippen LogP contribution in [0, 0.1) is 0 Å². The van der Waals surface area contributed by atoms with Crippen LogP contribution in [0.2, 0.25) is 0 Å². The van der Waals surface area contributed by atoms with Crippen LogP contribution in [0.3, 0.4) is 0 Å². The van der Waals surface area contributed by atoms with Gasteiger partial charge in [-0.3, -0.25) is 9.12 Å². The molecule has 4 heterocycles. The van der Waals surface area contributed by atoms with Crippen molar-refractivity contribution < 1.29 is 13.6 Å². The van der Waals surface area contributed by atoms with E-state index in [1.54, 1.807) is 23.0 Å². The quantitative estimate of drug-likeness (QED) is 0.381. The Morgan fingerprint density at radius 2 is 2.05 bits per heavy atom. The van der Waals surface area contributed by atoms with Gasteiger partial charge in [-0.2, -0.15) is 0 Å². The summed E-state index contributed by atoms with van der Waals surface area (Å²) in [5, 5.41) is 7.66. The first kappa shape index (κ1) is 27.0. The Labute approximate surface area is 229 Å². The third-order valence-electron chi connectivity index (χ3n) is 6.88. The number of hydrogen-bond donors (Lipinski definition) is 1. The van der Waals surface area contributed by atoms with Crippen LogP contribution < -0.4 is 4.72 Å². The van der Waals surface area contributed by atoms with E-state index in [4.69, 9.17) is 0 Å². The molecule has 0 aromatic carbocycles. The van der Waals surface area contributed by atoms with E-state index in [0.29, 0.717) is 36.9 Å². The van der Waals surface area contributed by atoms with Crippen molar-refractivity contribution in [2.75, 3.05) is 47.3 Å². The minimum Gasteiger partial charge on any atom is -0.326 e. The van der Waals surface area contributed by atoms with Crippen molar-refractivity contribution in [2.24, 2.45) is 0 Å². The van der Waals surface area contributed by atoms with E-state index in [1.807, 2.05) is 36.6 Å². The highest BCUT2D eigenvalue weighted by molar-refractivity contribution is 7.97. The lowest BCUT2D eigenvalue weighted by atomic mass is 9.99. The van der Waals surface area contributed by atoms with Gasteiger partial charge in [-0.15, -0.1) is 10.2 Å². The molecule has 0 radical (unpaired) electrons. The van der Waals surface area contributed by atoms with Crippen LogP contribution in [0.5, 0.6) is 0 Å². The van der Waals surface area contributed by atoms with E-state index < -0.39 is 6.43 Å². The zero-order valence-electron chi connectivity index (χ0n) is 21.9. The fourth-order valence-corrected chi connectivity index (χ4v) is 5.80. The number of carbonyl (C=O) groups is 1. The number of fused-ring (bicyclic) bond motifs is 1. The molecular formula is C25H32F2N8OS2. The molecule has 3 aromatic rings. The molecule has 1 N–H and O–H groups in total. The fourth-order valence-electron chi connectivity index (χ4n) is 4.20. The highest BCUT2D eigenvalue weighted by atomic mass is 32.2. The number of amides is 2. The standard InChI is InChI=1S/C25H32F2N8OS2/c1-25(7-8-25)31-38-17-13-18(16-5-9-34(10-6-16)24(36)33(4)12-11-32(2)3)19-14-28-21(35(19)15-17)23-30-29-22(37-23)20(26)27/h5,13-15,20,31H,6-12H2,1-4H3. The van der Waals surface area contributed by atoms with Gasteiger partial charge in [0.25, 0.3) is 6.43 Å². The van der Waals surface area contributed by atoms with Crippen molar-refractivity contribution in [3.8, 4) is 10.8 Å². The number of imidazole rings is 1. The summed E-state index contributed by atoms with van der Waals surface area (Å²) >= 11 is 2.42. The molecule has 1 aliphatic heterocycles. The molecule has 2 aliphatic rings. The van der Waals surface area contributed by atoms with Gasteiger partial charge in [0.1, 0.15) is 0 Å². The number of nitrogens with zero attached hydrogens (tertiary/aromatic N) is 7. The predicted octanol–water partition coefficient (Wildman–Crippen LogP) is 4.64. The molecule has 0 atom stereocenters. The first-order valence-electron chi connectivity index (χ1n) is 12.5. The van der Waals surface area contributed by atoms with Gasteiger partial charge in [-0.05, 0) is 63.9 Å². The van der Waals surface area contributed by atoms with E-state index >= 15 is 0 Å². The Bertz CT molecular complexity index is 1350. The summed E-state index contributed by atoms with van der Waals surface area (Å²) in [5.74, 6) is 0.487. The Hall–Kier alpha value is -2.61. The van der Waals surface area contributed by atoms with Crippen LogP contribution >= 0.6 is 23.3 Å². The second kappa shape index (κ2) is 10.9. The number of aromatic nitrogens is 4. The Morgan fingerprint density at radius 1 is 1.26 bits per heavy atom. The summed E-state index contributed by atoms with van der Waals surface area (Å²) < 4.78 is 31.8. The summed E-state index contributed by atoms with van der Waals surface area (Å²) in [7, 11) is 5.82. The number of rotatable bonds is 9. The molecule has 1 saturated carbocycles. The highest BCUT2D eigenvalue weighted by Gasteiger charge is 2.37. The Kier molecular flexibility index (Phi) is 7.72. The Balaban J connectivity index is 1.44. The normalized spacial score (nSPS) is 16.9. The fraction of sp³-hybridized carbons (Fsp3) is 0.520. The van der Waals surface area contributed by atoms with Gasteiger partial charge in [0.15, 0.2) is 15.8 Å². The van der Waals surface area contributed by atoms with Gasteiger partial charge in [-0.25, -0.2) is 18.6 Å². The Morgan fingerprint density at radius 3 is 2.68 bits per heavy atom. The van der Waals surface area contributed by atoms with E-state index in [1.165, 1.54) is 0 Å². The second-order valence-electron chi connectivity index (χ2n) is 10.4. The molecule has 2 amide bonds. The van der Waals surface area contributed by atoms with Crippen LogP contribution in [0.1, 0.15) is 43.2 Å². The number of alkyl halides is 2. The van der Waals surface area contributed by atoms with E-state index in [2.05, 4.69) is 43.9 Å². The monoisotopic (exact) mass is 562 g/mol. The molecule has 1 aliphatic carbocycles. The van der Waals surface area contributed by atoms with E-state index in [0.717, 1.165) is 52.3 Å². The average molecular weight is 563 g/mol. The highest BCUT2D eigenvalue weighted by Crippen LogP contribution is 2.39. The van der Waals surface area contributed by atoms with Gasteiger partial charge < -0.3 is 14.7 Å². The number of halogens is 2. The lowest BCUT2D eigenvalue weighted by Crippen LogP contribution is -2.45. The maximum Gasteiger partial charge on any atom is 0.320 e. The molecule has 0 bridgehead atoms. The van der Waals surface area contributed by atoms with Crippen LogP contribution in [-0.4, -0.2) is 93.2 Å². The molecule has 9 nitrogen and oxygen atoms in total. The molecule has 0 unspecified atom stereocenters. The molecule has 1 fully saturated rings. The van der Waals surface area contributed by atoms with Crippen LogP contribution in [0.25, 0.3) is 21.9 Å². The van der Waals surface area contributed by atoms with Gasteiger partial charge in [-0.1, -0.05) is 17.4 Å². The minimum absolute atomic E-state index is 0.0243. The molecule has 3 aromatic heterocycles. The third-order valence-corrected chi connectivity index (χ3v) is 8.86. The lowest BCUT2D eigenvalue weighted by molar-refractivity contribution is 0.150. The summed E-state index contributed by atoms with van der Waals surface area (Å²) in [6.45, 7) is 4.81. The number of pyridine rings is 1. The minimum atomic E-state index is -2.67. The predicted molar refractivity (Wildman–Crippen MR) is 146 cm³/mol. The van der Waals surface area contributed by atoms with Crippen molar-refractivity contribution in [2.45, 2.75) is 43.0 Å². The van der Waals surface area contributed by atoms with Crippen molar-refractivity contribution >= 4 is 40.4 Å². The van der Waals surface area contributed by atoms with Gasteiger partial charge in [0.05, 0.1) is 11.7 Å². The second-order valence-corrected chi connectivity index (χ2v) is 12.3. The molecule has 38 heavy (non-hydrogen) atoms. The average Bonchev–Trinajstić information content (AvgIpc) is 3.27. The molecule has 0 spiro atoms.